The number of halogens is 2. The molecule has 0 spiro atoms. The second kappa shape index (κ2) is 8.82. The maximum absolute atomic E-state index is 13.1. The molecule has 7 heteroatoms. The van der Waals surface area contributed by atoms with Crippen LogP contribution >= 0.6 is 35.3 Å². The number of hydrogen-bond donors (Lipinski definition) is 0. The molecule has 26 heavy (non-hydrogen) atoms. The molecular weight excluding hydrogens is 389 g/mol. The van der Waals surface area contributed by atoms with Crippen LogP contribution in [0.15, 0.2) is 42.5 Å². The molecule has 0 aliphatic heterocycles. The molecule has 0 radical (unpaired) electrons. The van der Waals surface area contributed by atoms with E-state index < -0.39 is 0 Å². The van der Waals surface area contributed by atoms with Crippen LogP contribution < -0.4 is 4.90 Å². The van der Waals surface area contributed by atoms with Crippen LogP contribution in [-0.2, 0) is 0 Å². The van der Waals surface area contributed by atoms with E-state index in [4.69, 9.17) is 11.6 Å². The van der Waals surface area contributed by atoms with E-state index in [1.54, 1.807) is 4.90 Å². The van der Waals surface area contributed by atoms with Gasteiger partial charge in [0.2, 0.25) is 0 Å². The Labute approximate surface area is 168 Å². The molecule has 2 aromatic carbocycles. The molecular formula is C19H21Cl2N3OS. The number of aryl methyl sites for hydroxylation is 1. The summed E-state index contributed by atoms with van der Waals surface area (Å²) >= 11 is 7.56. The molecule has 1 heterocycles. The monoisotopic (exact) mass is 409 g/mol. The average Bonchev–Trinajstić information content (AvgIpc) is 2.98. The average molecular weight is 410 g/mol. The number of likely N-dealkylation sites (N-methyl/N-ethyl adjacent to an activating group) is 1. The van der Waals surface area contributed by atoms with E-state index in [9.17, 15) is 4.79 Å². The number of rotatable bonds is 5. The predicted molar refractivity (Wildman–Crippen MR) is 113 cm³/mol. The molecule has 4 nitrogen and oxygen atoms in total. The Hall–Kier alpha value is -1.66. The predicted octanol–water partition coefficient (Wildman–Crippen LogP) is 4.89. The third-order valence-electron chi connectivity index (χ3n) is 3.88. The molecule has 0 N–H and O–H groups in total. The first kappa shape index (κ1) is 20.6. The van der Waals surface area contributed by atoms with E-state index in [0.717, 1.165) is 22.3 Å². The van der Waals surface area contributed by atoms with Crippen LogP contribution in [0.5, 0.6) is 0 Å². The largest absolute Gasteiger partial charge is 0.308 e. The second-order valence-corrected chi connectivity index (χ2v) is 7.68. The van der Waals surface area contributed by atoms with Crippen molar-refractivity contribution in [3.63, 3.8) is 0 Å². The van der Waals surface area contributed by atoms with Crippen LogP contribution in [0.3, 0.4) is 0 Å². The van der Waals surface area contributed by atoms with Crippen molar-refractivity contribution in [2.75, 3.05) is 32.1 Å². The van der Waals surface area contributed by atoms with Gasteiger partial charge in [0.25, 0.3) is 5.91 Å². The zero-order chi connectivity index (χ0) is 18.0. The molecule has 0 aliphatic rings. The van der Waals surface area contributed by atoms with Gasteiger partial charge < -0.3 is 4.90 Å². The Bertz CT molecular complexity index is 893. The zero-order valence-corrected chi connectivity index (χ0v) is 17.3. The van der Waals surface area contributed by atoms with Crippen LogP contribution in [0.4, 0.5) is 5.13 Å². The number of amides is 1. The molecule has 138 valence electrons. The number of thiazole rings is 1. The Morgan fingerprint density at radius 2 is 1.81 bits per heavy atom. The Balaban J connectivity index is 0.00000243. The van der Waals surface area contributed by atoms with E-state index in [-0.39, 0.29) is 18.3 Å². The lowest BCUT2D eigenvalue weighted by Gasteiger charge is -2.22. The highest BCUT2D eigenvalue weighted by atomic mass is 35.5. The summed E-state index contributed by atoms with van der Waals surface area (Å²) in [6.07, 6.45) is 0. The van der Waals surface area contributed by atoms with Gasteiger partial charge in [0, 0.05) is 23.7 Å². The highest BCUT2D eigenvalue weighted by Crippen LogP contribution is 2.31. The van der Waals surface area contributed by atoms with Crippen LogP contribution in [0, 0.1) is 6.92 Å². The van der Waals surface area contributed by atoms with E-state index in [2.05, 4.69) is 9.88 Å². The van der Waals surface area contributed by atoms with Crippen LogP contribution in [-0.4, -0.2) is 43.0 Å². The van der Waals surface area contributed by atoms with E-state index >= 15 is 0 Å². The summed E-state index contributed by atoms with van der Waals surface area (Å²) in [6.45, 7) is 3.34. The smallest absolute Gasteiger partial charge is 0.260 e. The maximum Gasteiger partial charge on any atom is 0.260 e. The van der Waals surface area contributed by atoms with E-state index in [1.807, 2.05) is 63.5 Å². The SMILES string of the molecule is Cc1ccc(C(=O)N(CCN(C)C)c2nc3ccc(Cl)cc3s2)cc1.Cl. The molecule has 0 unspecified atom stereocenters. The number of aromatic nitrogens is 1. The molecule has 0 bridgehead atoms. The maximum atomic E-state index is 13.1. The van der Waals surface area contributed by atoms with Gasteiger partial charge in [0.15, 0.2) is 5.13 Å². The fourth-order valence-corrected chi connectivity index (χ4v) is 3.70. The zero-order valence-electron chi connectivity index (χ0n) is 14.9. The van der Waals surface area contributed by atoms with Crippen molar-refractivity contribution in [2.45, 2.75) is 6.92 Å². The lowest BCUT2D eigenvalue weighted by Crippen LogP contribution is -2.36. The van der Waals surface area contributed by atoms with Crippen molar-refractivity contribution in [3.8, 4) is 0 Å². The van der Waals surface area contributed by atoms with Crippen LogP contribution in [0.25, 0.3) is 10.2 Å². The summed E-state index contributed by atoms with van der Waals surface area (Å²) in [5.74, 6) is -0.0352. The second-order valence-electron chi connectivity index (χ2n) is 6.23. The first-order valence-corrected chi connectivity index (χ1v) is 9.23. The van der Waals surface area contributed by atoms with Crippen molar-refractivity contribution >= 4 is 56.6 Å². The standard InChI is InChI=1S/C19H20ClN3OS.ClH/c1-13-4-6-14(7-5-13)18(24)23(11-10-22(2)3)19-21-16-9-8-15(20)12-17(16)25-19;/h4-9,12H,10-11H2,1-3H3;1H. The highest BCUT2D eigenvalue weighted by molar-refractivity contribution is 7.22. The number of carbonyl (C=O) groups excluding carboxylic acids is 1. The van der Waals surface area contributed by atoms with E-state index in [0.29, 0.717) is 22.3 Å². The first-order valence-electron chi connectivity index (χ1n) is 8.03. The topological polar surface area (TPSA) is 36.4 Å². The minimum absolute atomic E-state index is 0. The molecule has 0 fully saturated rings. The van der Waals surface area contributed by atoms with Gasteiger partial charge >= 0.3 is 0 Å². The molecule has 1 amide bonds. The van der Waals surface area contributed by atoms with Crippen LogP contribution in [0.2, 0.25) is 5.02 Å². The van der Waals surface area contributed by atoms with Gasteiger partial charge in [-0.05, 0) is 51.4 Å². The lowest BCUT2D eigenvalue weighted by molar-refractivity contribution is 0.0985. The summed E-state index contributed by atoms with van der Waals surface area (Å²) in [5, 5.41) is 1.37. The number of hydrogen-bond acceptors (Lipinski definition) is 4. The van der Waals surface area contributed by atoms with Gasteiger partial charge in [0.1, 0.15) is 0 Å². The molecule has 3 rings (SSSR count). The fraction of sp³-hybridized carbons (Fsp3) is 0.263. The lowest BCUT2D eigenvalue weighted by atomic mass is 10.1. The van der Waals surface area contributed by atoms with Gasteiger partial charge in [0.05, 0.1) is 10.2 Å². The molecule has 3 aromatic rings. The summed E-state index contributed by atoms with van der Waals surface area (Å²) in [4.78, 5) is 21.5. The first-order chi connectivity index (χ1) is 11.9. The number of carbonyl (C=O) groups is 1. The number of benzene rings is 2. The highest BCUT2D eigenvalue weighted by Gasteiger charge is 2.21. The fourth-order valence-electron chi connectivity index (χ4n) is 2.44. The summed E-state index contributed by atoms with van der Waals surface area (Å²) < 4.78 is 0.981. The Morgan fingerprint density at radius 1 is 1.12 bits per heavy atom. The molecule has 0 saturated carbocycles. The van der Waals surface area contributed by atoms with Gasteiger partial charge in [-0.1, -0.05) is 40.6 Å². The number of nitrogens with zero attached hydrogens (tertiary/aromatic N) is 3. The summed E-state index contributed by atoms with van der Waals surface area (Å²) in [7, 11) is 3.99. The van der Waals surface area contributed by atoms with Gasteiger partial charge in [-0.2, -0.15) is 0 Å². The minimum atomic E-state index is -0.0352. The summed E-state index contributed by atoms with van der Waals surface area (Å²) in [5.41, 5.74) is 2.66. The molecule has 1 aromatic heterocycles. The molecule has 0 saturated heterocycles. The third-order valence-corrected chi connectivity index (χ3v) is 5.16. The normalized spacial score (nSPS) is 10.8. The minimum Gasteiger partial charge on any atom is -0.308 e. The molecule has 0 aliphatic carbocycles. The van der Waals surface area contributed by atoms with Crippen LogP contribution in [0.1, 0.15) is 15.9 Å². The Morgan fingerprint density at radius 3 is 2.46 bits per heavy atom. The Kier molecular flexibility index (Phi) is 7.01. The van der Waals surface area contributed by atoms with Gasteiger partial charge in [-0.15, -0.1) is 12.4 Å². The number of anilines is 1. The quantitative estimate of drug-likeness (QED) is 0.601. The van der Waals surface area contributed by atoms with Gasteiger partial charge in [-0.3, -0.25) is 9.69 Å². The van der Waals surface area contributed by atoms with E-state index in [1.165, 1.54) is 11.3 Å². The van der Waals surface area contributed by atoms with Crippen molar-refractivity contribution in [3.05, 3.63) is 58.6 Å². The molecule has 0 atom stereocenters. The number of fused-ring (bicyclic) bond motifs is 1. The summed E-state index contributed by atoms with van der Waals surface area (Å²) in [6, 6.07) is 13.2. The third kappa shape index (κ3) is 4.74. The van der Waals surface area contributed by atoms with Gasteiger partial charge in [-0.25, -0.2) is 4.98 Å². The van der Waals surface area contributed by atoms with Crippen molar-refractivity contribution in [1.82, 2.24) is 9.88 Å². The van der Waals surface area contributed by atoms with Crippen molar-refractivity contribution in [1.29, 1.82) is 0 Å². The van der Waals surface area contributed by atoms with Crippen molar-refractivity contribution < 1.29 is 4.79 Å². The van der Waals surface area contributed by atoms with Crippen molar-refractivity contribution in [2.24, 2.45) is 0 Å².